The van der Waals surface area contributed by atoms with Crippen molar-refractivity contribution in [1.82, 2.24) is 10.2 Å². The van der Waals surface area contributed by atoms with E-state index in [0.29, 0.717) is 28.1 Å². The monoisotopic (exact) mass is 706 g/mol. The number of benzene rings is 3. The van der Waals surface area contributed by atoms with Crippen LogP contribution in [0.1, 0.15) is 24.5 Å². The van der Waals surface area contributed by atoms with Crippen LogP contribution in [-0.4, -0.2) is 44.9 Å². The molecular weight excluding hydrogens is 684 g/mol. The number of imide groups is 2. The molecule has 0 spiro atoms. The molecule has 1 saturated heterocycles. The van der Waals surface area contributed by atoms with Crippen LogP contribution >= 0.6 is 31.9 Å². The molecule has 4 amide bonds. The molecule has 1 aliphatic heterocycles. The first-order valence-electron chi connectivity index (χ1n) is 12.2. The zero-order valence-electron chi connectivity index (χ0n) is 21.8. The molecule has 1 heterocycles. The third-order valence-corrected chi connectivity index (χ3v) is 8.06. The topological polar surface area (TPSA) is 128 Å². The Morgan fingerprint density at radius 2 is 1.71 bits per heavy atom. The number of carbonyl (C=O) groups excluding carboxylic acids is 3. The number of hydrogen-bond donors (Lipinski definition) is 1. The SMILES string of the molecule is CCCOc1ccc(CN2C(=O)NC(=O)/C(=C\c3cc(Br)cc(Br)c3OS(=O)(=O)c3ccccc3)C2=O)cc1OC. The van der Waals surface area contributed by atoms with E-state index >= 15 is 0 Å². The van der Waals surface area contributed by atoms with Crippen molar-refractivity contribution in [2.45, 2.75) is 24.8 Å². The van der Waals surface area contributed by atoms with Gasteiger partial charge in [-0.25, -0.2) is 4.79 Å². The van der Waals surface area contributed by atoms with Crippen molar-refractivity contribution in [3.63, 3.8) is 0 Å². The summed E-state index contributed by atoms with van der Waals surface area (Å²) in [6.45, 7) is 2.29. The van der Waals surface area contributed by atoms with Crippen LogP contribution < -0.4 is 19.0 Å². The summed E-state index contributed by atoms with van der Waals surface area (Å²) in [6, 6.07) is 14.6. The number of hydrogen-bond acceptors (Lipinski definition) is 8. The molecule has 1 fully saturated rings. The Labute approximate surface area is 253 Å². The minimum Gasteiger partial charge on any atom is -0.493 e. The fourth-order valence-corrected chi connectivity index (χ4v) is 6.28. The number of nitrogens with zero attached hydrogens (tertiary/aromatic N) is 1. The largest absolute Gasteiger partial charge is 0.493 e. The molecule has 3 aromatic carbocycles. The molecular formula is C28H24Br2N2O8S. The van der Waals surface area contributed by atoms with Crippen LogP contribution in [0.4, 0.5) is 4.79 Å². The fourth-order valence-electron chi connectivity index (χ4n) is 3.84. The Kier molecular flexibility index (Phi) is 9.51. The van der Waals surface area contributed by atoms with Gasteiger partial charge in [0, 0.05) is 10.0 Å². The molecule has 1 aliphatic rings. The van der Waals surface area contributed by atoms with E-state index in [-0.39, 0.29) is 27.2 Å². The smallest absolute Gasteiger partial charge is 0.339 e. The average Bonchev–Trinajstić information content (AvgIpc) is 2.94. The normalized spacial score (nSPS) is 14.7. The predicted octanol–water partition coefficient (Wildman–Crippen LogP) is 5.44. The van der Waals surface area contributed by atoms with Crippen molar-refractivity contribution in [3.8, 4) is 17.2 Å². The molecule has 3 aromatic rings. The molecule has 214 valence electrons. The lowest BCUT2D eigenvalue weighted by Gasteiger charge is -2.27. The summed E-state index contributed by atoms with van der Waals surface area (Å²) in [5.74, 6) is -1.03. The fraction of sp³-hybridized carbons (Fsp3) is 0.179. The molecule has 41 heavy (non-hydrogen) atoms. The molecule has 0 unspecified atom stereocenters. The van der Waals surface area contributed by atoms with Gasteiger partial charge in [0.25, 0.3) is 11.8 Å². The van der Waals surface area contributed by atoms with Crippen LogP contribution in [-0.2, 0) is 26.3 Å². The zero-order valence-corrected chi connectivity index (χ0v) is 25.8. The lowest BCUT2D eigenvalue weighted by molar-refractivity contribution is -0.130. The predicted molar refractivity (Wildman–Crippen MR) is 157 cm³/mol. The highest BCUT2D eigenvalue weighted by Crippen LogP contribution is 2.37. The van der Waals surface area contributed by atoms with E-state index in [1.165, 1.54) is 31.4 Å². The van der Waals surface area contributed by atoms with Crippen molar-refractivity contribution in [1.29, 1.82) is 0 Å². The second-order valence-electron chi connectivity index (χ2n) is 8.70. The van der Waals surface area contributed by atoms with Crippen LogP contribution in [0.15, 0.2) is 80.1 Å². The van der Waals surface area contributed by atoms with Gasteiger partial charge in [0.15, 0.2) is 17.2 Å². The van der Waals surface area contributed by atoms with Gasteiger partial charge in [0.05, 0.1) is 24.7 Å². The minimum atomic E-state index is -4.26. The molecule has 4 rings (SSSR count). The molecule has 0 saturated carbocycles. The van der Waals surface area contributed by atoms with E-state index < -0.39 is 33.5 Å². The van der Waals surface area contributed by atoms with Crippen LogP contribution in [0, 0.1) is 0 Å². The highest BCUT2D eigenvalue weighted by Gasteiger charge is 2.36. The first-order chi connectivity index (χ1) is 19.5. The number of barbiturate groups is 1. The summed E-state index contributed by atoms with van der Waals surface area (Å²) in [7, 11) is -2.79. The highest BCUT2D eigenvalue weighted by atomic mass is 79.9. The van der Waals surface area contributed by atoms with Gasteiger partial charge in [0.2, 0.25) is 0 Å². The van der Waals surface area contributed by atoms with Gasteiger partial charge < -0.3 is 13.7 Å². The highest BCUT2D eigenvalue weighted by molar-refractivity contribution is 9.11. The van der Waals surface area contributed by atoms with E-state index in [1.807, 2.05) is 6.92 Å². The number of halogens is 2. The molecule has 0 atom stereocenters. The molecule has 0 aliphatic carbocycles. The number of amides is 4. The van der Waals surface area contributed by atoms with Crippen molar-refractivity contribution in [2.24, 2.45) is 0 Å². The quantitative estimate of drug-likeness (QED) is 0.168. The first-order valence-corrected chi connectivity index (χ1v) is 15.2. The Bertz CT molecular complexity index is 1640. The van der Waals surface area contributed by atoms with E-state index in [4.69, 9.17) is 13.7 Å². The van der Waals surface area contributed by atoms with Gasteiger partial charge in [0.1, 0.15) is 10.5 Å². The number of nitrogens with one attached hydrogen (secondary N) is 1. The van der Waals surface area contributed by atoms with Crippen molar-refractivity contribution in [3.05, 3.63) is 86.3 Å². The van der Waals surface area contributed by atoms with Gasteiger partial charge in [-0.2, -0.15) is 8.42 Å². The van der Waals surface area contributed by atoms with Crippen LogP contribution in [0.5, 0.6) is 17.2 Å². The second-order valence-corrected chi connectivity index (χ2v) is 12.0. The van der Waals surface area contributed by atoms with E-state index in [2.05, 4.69) is 37.2 Å². The molecule has 0 radical (unpaired) electrons. The standard InChI is InChI=1S/C28H24Br2N2O8S/c1-3-11-39-23-10-9-17(12-24(23)38-2)16-32-27(34)21(26(33)31-28(32)35)14-18-13-19(29)15-22(30)25(18)40-41(36,37)20-7-5-4-6-8-20/h4-10,12-15H,3,11,16H2,1-2H3,(H,31,33,35)/b21-14+. The maximum absolute atomic E-state index is 13.4. The Morgan fingerprint density at radius 1 is 0.976 bits per heavy atom. The van der Waals surface area contributed by atoms with Gasteiger partial charge in [-0.15, -0.1) is 0 Å². The molecule has 0 aromatic heterocycles. The lowest BCUT2D eigenvalue weighted by atomic mass is 10.1. The number of methoxy groups -OCH3 is 1. The summed E-state index contributed by atoms with van der Waals surface area (Å²) in [5.41, 5.74) is 0.246. The third-order valence-electron chi connectivity index (χ3n) is 5.78. The lowest BCUT2D eigenvalue weighted by Crippen LogP contribution is -2.53. The summed E-state index contributed by atoms with van der Waals surface area (Å²) < 4.78 is 43.1. The van der Waals surface area contributed by atoms with Crippen molar-refractivity contribution >= 4 is 65.9 Å². The van der Waals surface area contributed by atoms with Crippen LogP contribution in [0.3, 0.4) is 0 Å². The summed E-state index contributed by atoms with van der Waals surface area (Å²) >= 11 is 6.63. The average molecular weight is 708 g/mol. The van der Waals surface area contributed by atoms with Crippen molar-refractivity contribution in [2.75, 3.05) is 13.7 Å². The second kappa shape index (κ2) is 12.9. The molecule has 1 N–H and O–H groups in total. The minimum absolute atomic E-state index is 0.0850. The van der Waals surface area contributed by atoms with E-state index in [0.717, 1.165) is 11.3 Å². The van der Waals surface area contributed by atoms with E-state index in [9.17, 15) is 22.8 Å². The number of ether oxygens (including phenoxy) is 2. The van der Waals surface area contributed by atoms with Gasteiger partial charge >= 0.3 is 16.1 Å². The number of carbonyl (C=O) groups is 3. The van der Waals surface area contributed by atoms with Crippen molar-refractivity contribution < 1.29 is 36.5 Å². The zero-order chi connectivity index (χ0) is 29.7. The summed E-state index contributed by atoms with van der Waals surface area (Å²) in [4.78, 5) is 39.7. The van der Waals surface area contributed by atoms with Gasteiger partial charge in [-0.1, -0.05) is 47.1 Å². The van der Waals surface area contributed by atoms with Gasteiger partial charge in [-0.05, 0) is 70.4 Å². The Morgan fingerprint density at radius 3 is 2.39 bits per heavy atom. The first kappa shape index (κ1) is 30.3. The molecule has 0 bridgehead atoms. The number of rotatable bonds is 10. The number of urea groups is 1. The van der Waals surface area contributed by atoms with Crippen LogP contribution in [0.2, 0.25) is 0 Å². The molecule has 10 nitrogen and oxygen atoms in total. The Hall–Kier alpha value is -3.68. The Balaban J connectivity index is 1.68. The van der Waals surface area contributed by atoms with E-state index in [1.54, 1.807) is 42.5 Å². The maximum Gasteiger partial charge on any atom is 0.339 e. The summed E-state index contributed by atoms with van der Waals surface area (Å²) in [6.07, 6.45) is 1.97. The molecule has 13 heteroatoms. The maximum atomic E-state index is 13.4. The summed E-state index contributed by atoms with van der Waals surface area (Å²) in [5, 5.41) is 2.16. The van der Waals surface area contributed by atoms with Gasteiger partial charge in [-0.3, -0.25) is 19.8 Å². The third kappa shape index (κ3) is 6.97. The van der Waals surface area contributed by atoms with Crippen LogP contribution in [0.25, 0.3) is 6.08 Å².